The molecule has 0 N–H and O–H groups in total. The quantitative estimate of drug-likeness (QED) is 0.162. The van der Waals surface area contributed by atoms with Crippen LogP contribution in [-0.2, 0) is 26.5 Å². The summed E-state index contributed by atoms with van der Waals surface area (Å²) >= 11 is 0. The zero-order chi connectivity index (χ0) is 35.6. The molecule has 0 fully saturated rings. The van der Waals surface area contributed by atoms with E-state index < -0.39 is 11.6 Å². The molecule has 0 unspecified atom stereocenters. The van der Waals surface area contributed by atoms with Crippen LogP contribution in [0, 0.1) is 17.7 Å². The Morgan fingerprint density at radius 2 is 1.38 bits per heavy atom. The van der Waals surface area contributed by atoms with E-state index in [0.717, 1.165) is 55.9 Å². The Labute approximate surface area is 320 Å². The van der Waals surface area contributed by atoms with Gasteiger partial charge in [0.05, 0.1) is 5.65 Å². The number of fused-ring (bicyclic) bond motifs is 4. The van der Waals surface area contributed by atoms with Crippen LogP contribution in [0.25, 0.3) is 83.4 Å². The molecule has 9 rings (SSSR count). The fourth-order valence-corrected chi connectivity index (χ4v) is 7.07. The van der Waals surface area contributed by atoms with Crippen molar-refractivity contribution in [2.45, 2.75) is 26.2 Å². The van der Waals surface area contributed by atoms with Gasteiger partial charge in [0.15, 0.2) is 0 Å². The molecule has 4 heterocycles. The molecule has 0 amide bonds. The number of aromatic nitrogens is 4. The van der Waals surface area contributed by atoms with Crippen LogP contribution < -0.4 is 4.98 Å². The van der Waals surface area contributed by atoms with Crippen molar-refractivity contribution in [3.05, 3.63) is 163 Å². The summed E-state index contributed by atoms with van der Waals surface area (Å²) in [7, 11) is 0. The normalized spacial score (nSPS) is 11.7. The van der Waals surface area contributed by atoms with E-state index in [9.17, 15) is 4.39 Å². The second-order valence-electron chi connectivity index (χ2n) is 14.1. The molecule has 0 bridgehead atoms. The summed E-state index contributed by atoms with van der Waals surface area (Å²) in [5.74, 6) is -0.485. The standard InChI is InChI=1S/C46H32F2N4.Pt/c1-46(2,3)32-16-21-42-38(26-32)37-19-20-41(31-24-29(34-18-17-33(47)27-39(34)48)23-30(25-31)40-15-9-10-22-49-40)50-44(37)52(42)45-36-14-8-7-13-35(36)43(51-45)28-11-5-4-6-12-28;/h4-24,26-27H,1-3H3;/q-2;+2. The van der Waals surface area contributed by atoms with Gasteiger partial charge in [0.2, 0.25) is 0 Å². The predicted octanol–water partition coefficient (Wildman–Crippen LogP) is 11.7. The smallest absolute Gasteiger partial charge is 0.434 e. The Kier molecular flexibility index (Phi) is 8.67. The summed E-state index contributed by atoms with van der Waals surface area (Å²) < 4.78 is 31.4. The number of hydrogen-bond donors (Lipinski definition) is 0. The van der Waals surface area contributed by atoms with Gasteiger partial charge in [-0.3, -0.25) is 9.97 Å². The maximum Gasteiger partial charge on any atom is 2.00 e. The number of rotatable bonds is 5. The first-order valence-corrected chi connectivity index (χ1v) is 17.2. The van der Waals surface area contributed by atoms with Gasteiger partial charge >= 0.3 is 21.1 Å². The number of halogens is 2. The van der Waals surface area contributed by atoms with Gasteiger partial charge in [-0.15, -0.1) is 18.2 Å². The van der Waals surface area contributed by atoms with E-state index in [2.05, 4.69) is 84.9 Å². The fraction of sp³-hybridized carbons (Fsp3) is 0.0870. The Morgan fingerprint density at radius 3 is 2.11 bits per heavy atom. The zero-order valence-electron chi connectivity index (χ0n) is 29.1. The van der Waals surface area contributed by atoms with E-state index in [1.807, 2.05) is 66.7 Å². The third kappa shape index (κ3) is 6.07. The van der Waals surface area contributed by atoms with E-state index in [1.54, 1.807) is 6.20 Å². The van der Waals surface area contributed by atoms with Crippen LogP contribution in [0.5, 0.6) is 0 Å². The van der Waals surface area contributed by atoms with Crippen molar-refractivity contribution in [1.29, 1.82) is 0 Å². The molecule has 0 saturated heterocycles. The van der Waals surface area contributed by atoms with Crippen LogP contribution in [0.4, 0.5) is 8.78 Å². The van der Waals surface area contributed by atoms with Gasteiger partial charge in [0.25, 0.3) is 0 Å². The van der Waals surface area contributed by atoms with E-state index in [-0.39, 0.29) is 32.0 Å². The van der Waals surface area contributed by atoms with Crippen molar-refractivity contribution in [1.82, 2.24) is 19.5 Å². The summed E-state index contributed by atoms with van der Waals surface area (Å²) in [4.78, 5) is 15.3. The molecular weight excluding hydrogens is 842 g/mol. The number of pyridine rings is 2. The van der Waals surface area contributed by atoms with Gasteiger partial charge in [0.1, 0.15) is 11.6 Å². The van der Waals surface area contributed by atoms with Crippen LogP contribution in [0.15, 0.2) is 140 Å². The van der Waals surface area contributed by atoms with Gasteiger partial charge in [0, 0.05) is 34.6 Å². The van der Waals surface area contributed by atoms with Gasteiger partial charge in [-0.05, 0) is 67.9 Å². The Hall–Kier alpha value is -5.71. The molecule has 0 atom stereocenters. The third-order valence-corrected chi connectivity index (χ3v) is 9.71. The summed E-state index contributed by atoms with van der Waals surface area (Å²) in [6.45, 7) is 6.65. The molecule has 0 spiro atoms. The zero-order valence-corrected chi connectivity index (χ0v) is 31.4. The molecule has 4 aromatic heterocycles. The second-order valence-corrected chi connectivity index (χ2v) is 14.1. The molecule has 4 nitrogen and oxygen atoms in total. The Balaban J connectivity index is 0.00000400. The second kappa shape index (κ2) is 13.4. The van der Waals surface area contributed by atoms with Crippen molar-refractivity contribution < 1.29 is 29.8 Å². The van der Waals surface area contributed by atoms with Gasteiger partial charge < -0.3 is 9.55 Å². The first-order chi connectivity index (χ1) is 25.2. The van der Waals surface area contributed by atoms with Crippen molar-refractivity contribution >= 4 is 32.7 Å². The third-order valence-electron chi connectivity index (χ3n) is 9.71. The SMILES string of the molecule is CC(C)(C)c1ccc2c(c1)c1ccc(-c3[c-]c(-c4ccccn4)cc(-c4ccc(F)cc4F)c3)nc1n2-c1[n-]c(-c2ccccc2)c2ccccc12.[Pt+2]. The Morgan fingerprint density at radius 1 is 0.642 bits per heavy atom. The minimum absolute atomic E-state index is 0. The molecule has 5 aromatic carbocycles. The van der Waals surface area contributed by atoms with Crippen LogP contribution in [0.3, 0.4) is 0 Å². The van der Waals surface area contributed by atoms with Gasteiger partial charge in [-0.25, -0.2) is 8.78 Å². The minimum atomic E-state index is -0.648. The maximum atomic E-state index is 15.2. The predicted molar refractivity (Wildman–Crippen MR) is 206 cm³/mol. The van der Waals surface area contributed by atoms with Crippen LogP contribution >= 0.6 is 0 Å². The van der Waals surface area contributed by atoms with Crippen molar-refractivity contribution in [2.75, 3.05) is 0 Å². The molecule has 0 saturated carbocycles. The van der Waals surface area contributed by atoms with E-state index in [0.29, 0.717) is 28.1 Å². The van der Waals surface area contributed by atoms with Crippen molar-refractivity contribution in [3.8, 4) is 50.7 Å². The summed E-state index contributed by atoms with van der Waals surface area (Å²) in [6, 6.07) is 45.7. The molecule has 0 aliphatic heterocycles. The molecule has 0 aliphatic rings. The average Bonchev–Trinajstić information content (AvgIpc) is 3.70. The maximum absolute atomic E-state index is 15.2. The largest absolute Gasteiger partial charge is 2.00 e. The number of benzene rings is 5. The van der Waals surface area contributed by atoms with Crippen LogP contribution in [0.2, 0.25) is 0 Å². The van der Waals surface area contributed by atoms with E-state index in [4.69, 9.17) is 9.97 Å². The number of hydrogen-bond acceptors (Lipinski definition) is 2. The first kappa shape index (κ1) is 34.4. The van der Waals surface area contributed by atoms with E-state index >= 15 is 4.39 Å². The van der Waals surface area contributed by atoms with Crippen LogP contribution in [-0.4, -0.2) is 14.5 Å². The summed E-state index contributed by atoms with van der Waals surface area (Å²) in [5.41, 5.74) is 8.34. The molecule has 0 aliphatic carbocycles. The molecule has 9 aromatic rings. The van der Waals surface area contributed by atoms with Crippen molar-refractivity contribution in [3.63, 3.8) is 0 Å². The summed E-state index contributed by atoms with van der Waals surface area (Å²) in [5, 5.41) is 4.15. The molecular formula is C46H32F2N4Pt. The van der Waals surface area contributed by atoms with Gasteiger partial charge in [-0.1, -0.05) is 135 Å². The topological polar surface area (TPSA) is 44.8 Å². The molecule has 260 valence electrons. The molecule has 53 heavy (non-hydrogen) atoms. The minimum Gasteiger partial charge on any atom is -0.434 e. The van der Waals surface area contributed by atoms with Crippen LogP contribution in [0.1, 0.15) is 26.3 Å². The number of nitrogens with zero attached hydrogens (tertiary/aromatic N) is 4. The molecule has 7 heteroatoms. The van der Waals surface area contributed by atoms with Gasteiger partial charge in [-0.2, -0.15) is 0 Å². The Bertz CT molecular complexity index is 2800. The first-order valence-electron chi connectivity index (χ1n) is 17.2. The monoisotopic (exact) mass is 873 g/mol. The molecule has 0 radical (unpaired) electrons. The summed E-state index contributed by atoms with van der Waals surface area (Å²) in [6.07, 6.45) is 1.71. The fourth-order valence-electron chi connectivity index (χ4n) is 7.07. The average molecular weight is 874 g/mol. The van der Waals surface area contributed by atoms with Crippen molar-refractivity contribution in [2.24, 2.45) is 0 Å². The van der Waals surface area contributed by atoms with E-state index in [1.165, 1.54) is 17.7 Å².